The summed E-state index contributed by atoms with van der Waals surface area (Å²) in [5.41, 5.74) is 5.58. The van der Waals surface area contributed by atoms with E-state index in [-0.39, 0.29) is 12.1 Å². The van der Waals surface area contributed by atoms with Crippen LogP contribution < -0.4 is 11.1 Å². The van der Waals surface area contributed by atoms with E-state index in [0.717, 1.165) is 25.9 Å². The van der Waals surface area contributed by atoms with Gasteiger partial charge in [-0.05, 0) is 6.42 Å². The molecule has 1 heterocycles. The Labute approximate surface area is 73.1 Å². The third-order valence-corrected chi connectivity index (χ3v) is 2.22. The lowest BCUT2D eigenvalue weighted by molar-refractivity contribution is 0.195. The number of carbonyl (C=O) groups is 1. The lowest BCUT2D eigenvalue weighted by atomic mass is 10.1. The Kier molecular flexibility index (Phi) is 3.34. The van der Waals surface area contributed by atoms with Crippen LogP contribution in [0.4, 0.5) is 4.79 Å². The van der Waals surface area contributed by atoms with Crippen LogP contribution in [-0.2, 0) is 0 Å². The number of rotatable bonds is 4. The van der Waals surface area contributed by atoms with E-state index in [1.54, 1.807) is 0 Å². The van der Waals surface area contributed by atoms with Crippen molar-refractivity contribution < 1.29 is 4.79 Å². The highest BCUT2D eigenvalue weighted by Crippen LogP contribution is 2.08. The SMILES string of the molecule is CCCC(CN)N1CCNC1=O. The molecule has 1 rings (SSSR count). The van der Waals surface area contributed by atoms with Crippen molar-refractivity contribution >= 4 is 6.03 Å². The fraction of sp³-hybridized carbons (Fsp3) is 0.875. The molecule has 0 aromatic rings. The molecule has 0 radical (unpaired) electrons. The minimum Gasteiger partial charge on any atom is -0.336 e. The van der Waals surface area contributed by atoms with Crippen LogP contribution in [0.1, 0.15) is 19.8 Å². The van der Waals surface area contributed by atoms with E-state index < -0.39 is 0 Å². The molecular weight excluding hydrogens is 154 g/mol. The first-order valence-corrected chi connectivity index (χ1v) is 4.54. The molecule has 0 saturated carbocycles. The highest BCUT2D eigenvalue weighted by molar-refractivity contribution is 5.76. The third-order valence-electron chi connectivity index (χ3n) is 2.22. The molecule has 1 unspecified atom stereocenters. The largest absolute Gasteiger partial charge is 0.336 e. The molecule has 12 heavy (non-hydrogen) atoms. The molecule has 0 aromatic carbocycles. The number of nitrogens with two attached hydrogens (primary N) is 1. The molecule has 3 N–H and O–H groups in total. The van der Waals surface area contributed by atoms with Crippen molar-refractivity contribution in [3.63, 3.8) is 0 Å². The molecule has 1 aliphatic heterocycles. The van der Waals surface area contributed by atoms with Crippen LogP contribution in [-0.4, -0.2) is 36.6 Å². The number of nitrogens with one attached hydrogen (secondary N) is 1. The zero-order chi connectivity index (χ0) is 8.97. The van der Waals surface area contributed by atoms with Crippen molar-refractivity contribution in [3.05, 3.63) is 0 Å². The molecule has 0 spiro atoms. The first-order valence-electron chi connectivity index (χ1n) is 4.54. The van der Waals surface area contributed by atoms with Crippen LogP contribution in [0.2, 0.25) is 0 Å². The number of urea groups is 1. The Morgan fingerprint density at radius 3 is 2.92 bits per heavy atom. The van der Waals surface area contributed by atoms with Gasteiger partial charge in [-0.2, -0.15) is 0 Å². The van der Waals surface area contributed by atoms with E-state index in [1.807, 2.05) is 4.90 Å². The lowest BCUT2D eigenvalue weighted by Gasteiger charge is -2.24. The first-order chi connectivity index (χ1) is 5.79. The number of hydrogen-bond donors (Lipinski definition) is 2. The van der Waals surface area contributed by atoms with Gasteiger partial charge in [0.15, 0.2) is 0 Å². The standard InChI is InChI=1S/C8H17N3O/c1-2-3-7(6-9)11-5-4-10-8(11)12/h7H,2-6,9H2,1H3,(H,10,12). The quantitative estimate of drug-likeness (QED) is 0.632. The summed E-state index contributed by atoms with van der Waals surface area (Å²) in [6.45, 7) is 4.25. The Morgan fingerprint density at radius 1 is 1.75 bits per heavy atom. The van der Waals surface area contributed by atoms with Gasteiger partial charge in [0.1, 0.15) is 0 Å². The van der Waals surface area contributed by atoms with Crippen molar-refractivity contribution in [2.45, 2.75) is 25.8 Å². The van der Waals surface area contributed by atoms with Crippen LogP contribution in [0.3, 0.4) is 0 Å². The molecule has 4 nitrogen and oxygen atoms in total. The summed E-state index contributed by atoms with van der Waals surface area (Å²) in [7, 11) is 0. The van der Waals surface area contributed by atoms with Gasteiger partial charge < -0.3 is 16.0 Å². The molecule has 1 atom stereocenters. The van der Waals surface area contributed by atoms with Crippen LogP contribution in [0.25, 0.3) is 0 Å². The zero-order valence-corrected chi connectivity index (χ0v) is 7.55. The van der Waals surface area contributed by atoms with Gasteiger partial charge in [-0.25, -0.2) is 4.79 Å². The minimum atomic E-state index is 0.0406. The van der Waals surface area contributed by atoms with Crippen molar-refractivity contribution in [1.29, 1.82) is 0 Å². The fourth-order valence-electron chi connectivity index (χ4n) is 1.57. The summed E-state index contributed by atoms with van der Waals surface area (Å²) in [4.78, 5) is 13.0. The lowest BCUT2D eigenvalue weighted by Crippen LogP contribution is -2.42. The molecular formula is C8H17N3O. The zero-order valence-electron chi connectivity index (χ0n) is 7.55. The first kappa shape index (κ1) is 9.32. The maximum atomic E-state index is 11.2. The van der Waals surface area contributed by atoms with Crippen LogP contribution in [0.5, 0.6) is 0 Å². The molecule has 0 aliphatic carbocycles. The second-order valence-electron chi connectivity index (χ2n) is 3.10. The Hall–Kier alpha value is -0.770. The van der Waals surface area contributed by atoms with Gasteiger partial charge in [0, 0.05) is 25.7 Å². The predicted octanol–water partition coefficient (Wildman–Crippen LogP) is 0.139. The summed E-state index contributed by atoms with van der Waals surface area (Å²) in [5, 5.41) is 2.77. The summed E-state index contributed by atoms with van der Waals surface area (Å²) in [6, 6.07) is 0.274. The van der Waals surface area contributed by atoms with E-state index in [9.17, 15) is 4.79 Å². The van der Waals surface area contributed by atoms with Gasteiger partial charge in [0.05, 0.1) is 0 Å². The summed E-state index contributed by atoms with van der Waals surface area (Å²) >= 11 is 0. The maximum Gasteiger partial charge on any atom is 0.317 e. The minimum absolute atomic E-state index is 0.0406. The van der Waals surface area contributed by atoms with Crippen LogP contribution >= 0.6 is 0 Å². The average molecular weight is 171 g/mol. The topological polar surface area (TPSA) is 58.4 Å². The van der Waals surface area contributed by atoms with E-state index in [4.69, 9.17) is 5.73 Å². The molecule has 0 bridgehead atoms. The number of carbonyl (C=O) groups excluding carboxylic acids is 1. The average Bonchev–Trinajstić information content (AvgIpc) is 2.47. The fourth-order valence-corrected chi connectivity index (χ4v) is 1.57. The van der Waals surface area contributed by atoms with Crippen molar-refractivity contribution in [1.82, 2.24) is 10.2 Å². The van der Waals surface area contributed by atoms with E-state index in [2.05, 4.69) is 12.2 Å². The molecule has 1 aliphatic rings. The van der Waals surface area contributed by atoms with Gasteiger partial charge >= 0.3 is 6.03 Å². The van der Waals surface area contributed by atoms with E-state index >= 15 is 0 Å². The molecule has 1 saturated heterocycles. The third kappa shape index (κ3) is 1.88. The van der Waals surface area contributed by atoms with E-state index in [0.29, 0.717) is 6.54 Å². The summed E-state index contributed by atoms with van der Waals surface area (Å²) < 4.78 is 0. The Morgan fingerprint density at radius 2 is 2.50 bits per heavy atom. The number of nitrogens with zero attached hydrogens (tertiary/aromatic N) is 1. The molecule has 1 fully saturated rings. The Balaban J connectivity index is 2.46. The number of hydrogen-bond acceptors (Lipinski definition) is 2. The molecule has 4 heteroatoms. The molecule has 0 aromatic heterocycles. The van der Waals surface area contributed by atoms with E-state index in [1.165, 1.54) is 0 Å². The summed E-state index contributed by atoms with van der Waals surface area (Å²) in [5.74, 6) is 0. The predicted molar refractivity (Wildman–Crippen MR) is 47.9 cm³/mol. The number of amides is 2. The van der Waals surface area contributed by atoms with Crippen LogP contribution in [0.15, 0.2) is 0 Å². The Bertz CT molecular complexity index is 160. The van der Waals surface area contributed by atoms with Crippen molar-refractivity contribution in [3.8, 4) is 0 Å². The second kappa shape index (κ2) is 4.30. The van der Waals surface area contributed by atoms with Crippen molar-refractivity contribution in [2.75, 3.05) is 19.6 Å². The molecule has 2 amide bonds. The molecule has 70 valence electrons. The van der Waals surface area contributed by atoms with Crippen LogP contribution in [0, 0.1) is 0 Å². The van der Waals surface area contributed by atoms with Gasteiger partial charge in [-0.3, -0.25) is 0 Å². The summed E-state index contributed by atoms with van der Waals surface area (Å²) in [6.07, 6.45) is 2.08. The van der Waals surface area contributed by atoms with Gasteiger partial charge in [0.2, 0.25) is 0 Å². The smallest absolute Gasteiger partial charge is 0.317 e. The van der Waals surface area contributed by atoms with Gasteiger partial charge in [-0.15, -0.1) is 0 Å². The monoisotopic (exact) mass is 171 g/mol. The maximum absolute atomic E-state index is 11.2. The second-order valence-corrected chi connectivity index (χ2v) is 3.10. The normalized spacial score (nSPS) is 19.5. The highest BCUT2D eigenvalue weighted by atomic mass is 16.2. The highest BCUT2D eigenvalue weighted by Gasteiger charge is 2.25. The van der Waals surface area contributed by atoms with Crippen molar-refractivity contribution in [2.24, 2.45) is 5.73 Å². The van der Waals surface area contributed by atoms with Gasteiger partial charge in [0.25, 0.3) is 0 Å². The van der Waals surface area contributed by atoms with Gasteiger partial charge in [-0.1, -0.05) is 13.3 Å².